The first-order valence-corrected chi connectivity index (χ1v) is 9.31. The summed E-state index contributed by atoms with van der Waals surface area (Å²) in [5, 5.41) is 0. The highest BCUT2D eigenvalue weighted by molar-refractivity contribution is 5.78. The first-order valence-electron chi connectivity index (χ1n) is 9.31. The van der Waals surface area contributed by atoms with E-state index in [4.69, 9.17) is 4.74 Å². The van der Waals surface area contributed by atoms with Gasteiger partial charge in [-0.25, -0.2) is 0 Å². The Labute approximate surface area is 155 Å². The molecule has 1 spiro atoms. The number of carbonyl (C=O) groups excluding carboxylic acids is 1. The smallest absolute Gasteiger partial charge is 0.236 e. The summed E-state index contributed by atoms with van der Waals surface area (Å²) in [5.74, 6) is 0.164. The number of aryl methyl sites for hydroxylation is 1. The highest BCUT2D eigenvalue weighted by atomic mass is 16.5. The third-order valence-electron chi connectivity index (χ3n) is 5.78. The van der Waals surface area contributed by atoms with Gasteiger partial charge in [0.15, 0.2) is 0 Å². The number of hydrogen-bond acceptors (Lipinski definition) is 3. The van der Waals surface area contributed by atoms with Crippen LogP contribution in [0.1, 0.15) is 28.7 Å². The number of likely N-dealkylation sites (N-methyl/N-ethyl adjacent to an activating group) is 1. The van der Waals surface area contributed by atoms with Crippen molar-refractivity contribution in [1.82, 2.24) is 9.80 Å². The maximum atomic E-state index is 12.7. The van der Waals surface area contributed by atoms with Gasteiger partial charge in [0.25, 0.3) is 0 Å². The molecule has 4 rings (SSSR count). The Morgan fingerprint density at radius 3 is 2.81 bits per heavy atom. The number of hydrogen-bond donors (Lipinski definition) is 0. The van der Waals surface area contributed by atoms with Crippen molar-refractivity contribution in [2.75, 3.05) is 26.7 Å². The van der Waals surface area contributed by atoms with Gasteiger partial charge in [0.2, 0.25) is 5.91 Å². The zero-order valence-corrected chi connectivity index (χ0v) is 15.6. The molecule has 4 nitrogen and oxygen atoms in total. The van der Waals surface area contributed by atoms with Gasteiger partial charge in [0.1, 0.15) is 5.60 Å². The number of nitrogens with zero attached hydrogens (tertiary/aromatic N) is 2. The van der Waals surface area contributed by atoms with E-state index in [1.54, 1.807) is 0 Å². The zero-order chi connectivity index (χ0) is 18.1. The molecule has 0 saturated carbocycles. The molecular weight excluding hydrogens is 324 g/mol. The topological polar surface area (TPSA) is 32.8 Å². The number of benzene rings is 2. The zero-order valence-electron chi connectivity index (χ0n) is 15.6. The maximum absolute atomic E-state index is 12.7. The van der Waals surface area contributed by atoms with Crippen molar-refractivity contribution >= 4 is 5.91 Å². The Kier molecular flexibility index (Phi) is 4.55. The lowest BCUT2D eigenvalue weighted by Gasteiger charge is -2.26. The fourth-order valence-corrected chi connectivity index (χ4v) is 4.16. The molecule has 0 N–H and O–H groups in total. The summed E-state index contributed by atoms with van der Waals surface area (Å²) < 4.78 is 6.19. The first-order chi connectivity index (χ1) is 12.6. The van der Waals surface area contributed by atoms with Gasteiger partial charge in [0, 0.05) is 26.7 Å². The average molecular weight is 350 g/mol. The van der Waals surface area contributed by atoms with Gasteiger partial charge in [-0.3, -0.25) is 9.69 Å². The van der Waals surface area contributed by atoms with Crippen LogP contribution in [0.5, 0.6) is 0 Å². The number of ether oxygens (including phenoxy) is 1. The van der Waals surface area contributed by atoms with Crippen molar-refractivity contribution in [1.29, 1.82) is 0 Å². The molecule has 1 atom stereocenters. The van der Waals surface area contributed by atoms with Gasteiger partial charge in [-0.05, 0) is 35.6 Å². The van der Waals surface area contributed by atoms with Crippen LogP contribution in [-0.2, 0) is 28.3 Å². The van der Waals surface area contributed by atoms with Gasteiger partial charge in [0.05, 0.1) is 13.2 Å². The highest BCUT2D eigenvalue weighted by Crippen LogP contribution is 2.43. The Balaban J connectivity index is 1.38. The summed E-state index contributed by atoms with van der Waals surface area (Å²) in [6.45, 7) is 5.59. The summed E-state index contributed by atoms with van der Waals surface area (Å²) in [5.41, 5.74) is 4.81. The van der Waals surface area contributed by atoms with Gasteiger partial charge in [-0.1, -0.05) is 48.5 Å². The molecule has 0 bridgehead atoms. The second-order valence-corrected chi connectivity index (χ2v) is 7.58. The molecule has 0 radical (unpaired) electrons. The molecule has 2 aliphatic heterocycles. The van der Waals surface area contributed by atoms with Crippen LogP contribution in [0.15, 0.2) is 48.5 Å². The molecule has 2 heterocycles. The van der Waals surface area contributed by atoms with E-state index in [9.17, 15) is 4.79 Å². The van der Waals surface area contributed by atoms with Crippen molar-refractivity contribution < 1.29 is 9.53 Å². The van der Waals surface area contributed by atoms with Crippen LogP contribution in [0.4, 0.5) is 0 Å². The van der Waals surface area contributed by atoms with Crippen LogP contribution < -0.4 is 0 Å². The Morgan fingerprint density at radius 2 is 1.96 bits per heavy atom. The number of amides is 1. The summed E-state index contributed by atoms with van der Waals surface area (Å²) in [4.78, 5) is 16.8. The largest absolute Gasteiger partial charge is 0.364 e. The molecule has 136 valence electrons. The Hall–Kier alpha value is -2.17. The molecule has 1 unspecified atom stereocenters. The van der Waals surface area contributed by atoms with Crippen molar-refractivity contribution in [2.45, 2.75) is 32.1 Å². The van der Waals surface area contributed by atoms with Gasteiger partial charge in [-0.2, -0.15) is 0 Å². The minimum Gasteiger partial charge on any atom is -0.364 e. The monoisotopic (exact) mass is 350 g/mol. The van der Waals surface area contributed by atoms with E-state index >= 15 is 0 Å². The van der Waals surface area contributed by atoms with Crippen LogP contribution in [0.25, 0.3) is 0 Å². The van der Waals surface area contributed by atoms with Gasteiger partial charge in [-0.15, -0.1) is 0 Å². The van der Waals surface area contributed by atoms with E-state index in [-0.39, 0.29) is 11.5 Å². The summed E-state index contributed by atoms with van der Waals surface area (Å²) in [6.07, 6.45) is 0.957. The second-order valence-electron chi connectivity index (χ2n) is 7.58. The summed E-state index contributed by atoms with van der Waals surface area (Å²) >= 11 is 0. The molecule has 2 aliphatic rings. The molecule has 0 aromatic heterocycles. The Bertz CT molecular complexity index is 819. The third kappa shape index (κ3) is 3.15. The van der Waals surface area contributed by atoms with Gasteiger partial charge < -0.3 is 9.64 Å². The lowest BCUT2D eigenvalue weighted by Crippen LogP contribution is -2.39. The minimum atomic E-state index is -0.217. The van der Waals surface area contributed by atoms with Crippen LogP contribution in [0.2, 0.25) is 0 Å². The fourth-order valence-electron chi connectivity index (χ4n) is 4.16. The average Bonchev–Trinajstić information content (AvgIpc) is 3.22. The quantitative estimate of drug-likeness (QED) is 0.849. The molecule has 1 saturated heterocycles. The summed E-state index contributed by atoms with van der Waals surface area (Å²) in [6, 6.07) is 16.7. The molecular formula is C22H26N2O2. The van der Waals surface area contributed by atoms with E-state index in [2.05, 4.69) is 48.2 Å². The van der Waals surface area contributed by atoms with E-state index in [0.29, 0.717) is 19.7 Å². The predicted octanol–water partition coefficient (Wildman–Crippen LogP) is 3.08. The molecule has 4 heteroatoms. The van der Waals surface area contributed by atoms with E-state index in [1.165, 1.54) is 22.3 Å². The molecule has 1 fully saturated rings. The lowest BCUT2D eigenvalue weighted by atomic mass is 9.92. The van der Waals surface area contributed by atoms with Gasteiger partial charge >= 0.3 is 0 Å². The SMILES string of the molecule is Cc1ccccc1CN(C)C(=O)CN1CCC2(C1)OCc1ccccc12. The van der Waals surface area contributed by atoms with Crippen LogP contribution >= 0.6 is 0 Å². The fraction of sp³-hybridized carbons (Fsp3) is 0.409. The molecule has 1 amide bonds. The summed E-state index contributed by atoms with van der Waals surface area (Å²) in [7, 11) is 1.89. The predicted molar refractivity (Wildman–Crippen MR) is 102 cm³/mol. The maximum Gasteiger partial charge on any atom is 0.236 e. The lowest BCUT2D eigenvalue weighted by molar-refractivity contribution is -0.131. The number of carbonyl (C=O) groups is 1. The van der Waals surface area contributed by atoms with Crippen molar-refractivity contribution in [2.24, 2.45) is 0 Å². The van der Waals surface area contributed by atoms with E-state index < -0.39 is 0 Å². The minimum absolute atomic E-state index is 0.164. The normalized spacial score (nSPS) is 21.9. The second kappa shape index (κ2) is 6.86. The van der Waals surface area contributed by atoms with E-state index in [1.807, 2.05) is 24.1 Å². The van der Waals surface area contributed by atoms with Crippen LogP contribution in [0.3, 0.4) is 0 Å². The van der Waals surface area contributed by atoms with Crippen molar-refractivity contribution in [3.8, 4) is 0 Å². The van der Waals surface area contributed by atoms with E-state index in [0.717, 1.165) is 19.5 Å². The number of rotatable bonds is 4. The van der Waals surface area contributed by atoms with Crippen LogP contribution in [0, 0.1) is 6.92 Å². The standard InChI is InChI=1S/C22H26N2O2/c1-17-7-3-4-8-18(17)13-23(2)21(25)14-24-12-11-22(16-24)20-10-6-5-9-19(20)15-26-22/h3-10H,11-16H2,1-2H3. The molecule has 0 aliphatic carbocycles. The number of fused-ring (bicyclic) bond motifs is 2. The molecule has 2 aromatic carbocycles. The highest BCUT2D eigenvalue weighted by Gasteiger charge is 2.45. The molecule has 26 heavy (non-hydrogen) atoms. The van der Waals surface area contributed by atoms with Crippen LogP contribution in [-0.4, -0.2) is 42.4 Å². The third-order valence-corrected chi connectivity index (χ3v) is 5.78. The Morgan fingerprint density at radius 1 is 1.19 bits per heavy atom. The van der Waals surface area contributed by atoms with Crippen molar-refractivity contribution in [3.63, 3.8) is 0 Å². The number of likely N-dealkylation sites (tertiary alicyclic amines) is 1. The van der Waals surface area contributed by atoms with Crippen molar-refractivity contribution in [3.05, 3.63) is 70.8 Å². The molecule has 2 aromatic rings. The first kappa shape index (κ1) is 17.3.